The highest BCUT2D eigenvalue weighted by Crippen LogP contribution is 2.28. The Kier molecular flexibility index (Phi) is 6.37. The molecule has 3 aromatic heterocycles. The predicted octanol–water partition coefficient (Wildman–Crippen LogP) is 3.47. The second-order valence-corrected chi connectivity index (χ2v) is 9.04. The fourth-order valence-electron chi connectivity index (χ4n) is 3.39. The van der Waals surface area contributed by atoms with Gasteiger partial charge in [-0.15, -0.1) is 5.10 Å². The number of pyridine rings is 1. The van der Waals surface area contributed by atoms with Gasteiger partial charge in [-0.1, -0.05) is 11.3 Å². The van der Waals surface area contributed by atoms with Crippen LogP contribution in [0.25, 0.3) is 22.4 Å². The van der Waals surface area contributed by atoms with Gasteiger partial charge in [0.1, 0.15) is 5.69 Å². The van der Waals surface area contributed by atoms with Gasteiger partial charge in [0.2, 0.25) is 0 Å². The van der Waals surface area contributed by atoms with Crippen LogP contribution >= 0.6 is 0 Å². The number of nitrogens with one attached hydrogen (secondary N) is 2. The maximum absolute atomic E-state index is 12.7. The molecule has 3 heterocycles. The van der Waals surface area contributed by atoms with Crippen LogP contribution < -0.4 is 10.6 Å². The molecule has 0 bridgehead atoms. The minimum atomic E-state index is -0.353. The van der Waals surface area contributed by atoms with E-state index in [1.165, 1.54) is 0 Å². The fourth-order valence-corrected chi connectivity index (χ4v) is 3.39. The predicted molar refractivity (Wildman–Crippen MR) is 132 cm³/mol. The van der Waals surface area contributed by atoms with Crippen molar-refractivity contribution in [3.63, 3.8) is 0 Å². The van der Waals surface area contributed by atoms with Crippen LogP contribution in [0.1, 0.15) is 47.3 Å². The summed E-state index contributed by atoms with van der Waals surface area (Å²) >= 11 is 0. The molecule has 10 nitrogen and oxygen atoms in total. The van der Waals surface area contributed by atoms with Crippen LogP contribution in [-0.2, 0) is 5.54 Å². The van der Waals surface area contributed by atoms with Crippen molar-refractivity contribution in [1.82, 2.24) is 35.5 Å². The molecule has 0 spiro atoms. The molecule has 10 heteroatoms. The quantitative estimate of drug-likeness (QED) is 0.457. The van der Waals surface area contributed by atoms with Gasteiger partial charge in [-0.2, -0.15) is 10.2 Å². The SMILES string of the molecule is CNC(=O)c1cc(-c2cnnc(-c3cc(NC(=O)c4cn(C(C)(C)C)nn4)ccc3C)c2)ccn1. The van der Waals surface area contributed by atoms with Gasteiger partial charge in [-0.05, 0) is 69.2 Å². The van der Waals surface area contributed by atoms with Crippen LogP contribution in [0.5, 0.6) is 0 Å². The summed E-state index contributed by atoms with van der Waals surface area (Å²) in [4.78, 5) is 28.8. The zero-order chi connectivity index (χ0) is 25.2. The number of hydrogen-bond donors (Lipinski definition) is 2. The molecule has 0 aliphatic heterocycles. The number of amides is 2. The highest BCUT2D eigenvalue weighted by molar-refractivity contribution is 6.03. The Balaban J connectivity index is 1.62. The number of nitrogens with zero attached hydrogens (tertiary/aromatic N) is 6. The van der Waals surface area contributed by atoms with Gasteiger partial charge >= 0.3 is 0 Å². The van der Waals surface area contributed by atoms with E-state index in [1.54, 1.807) is 36.4 Å². The molecule has 0 saturated carbocycles. The fraction of sp³-hybridized carbons (Fsp3) is 0.240. The first-order valence-electron chi connectivity index (χ1n) is 11.0. The number of aromatic nitrogens is 6. The van der Waals surface area contributed by atoms with Crippen LogP contribution in [0.15, 0.2) is 55.0 Å². The van der Waals surface area contributed by atoms with Crippen LogP contribution in [0.3, 0.4) is 0 Å². The summed E-state index contributed by atoms with van der Waals surface area (Å²) in [5.74, 6) is -0.621. The summed E-state index contributed by atoms with van der Waals surface area (Å²) in [5.41, 5.74) is 4.86. The van der Waals surface area contributed by atoms with Gasteiger partial charge in [0.15, 0.2) is 5.69 Å². The molecule has 0 fully saturated rings. The zero-order valence-electron chi connectivity index (χ0n) is 20.2. The first kappa shape index (κ1) is 23.7. The molecule has 0 saturated heterocycles. The zero-order valence-corrected chi connectivity index (χ0v) is 20.2. The third-order valence-corrected chi connectivity index (χ3v) is 5.39. The second-order valence-electron chi connectivity index (χ2n) is 9.04. The van der Waals surface area contributed by atoms with Crippen molar-refractivity contribution in [2.75, 3.05) is 12.4 Å². The molecule has 0 radical (unpaired) electrons. The van der Waals surface area contributed by atoms with Crippen LogP contribution in [-0.4, -0.2) is 49.0 Å². The lowest BCUT2D eigenvalue weighted by molar-refractivity contribution is 0.0957. The Morgan fingerprint density at radius 2 is 1.74 bits per heavy atom. The number of hydrogen-bond acceptors (Lipinski definition) is 7. The van der Waals surface area contributed by atoms with E-state index in [0.29, 0.717) is 17.1 Å². The van der Waals surface area contributed by atoms with Crippen molar-refractivity contribution in [2.45, 2.75) is 33.2 Å². The molecule has 0 unspecified atom stereocenters. The van der Waals surface area contributed by atoms with E-state index in [1.807, 2.05) is 58.0 Å². The Morgan fingerprint density at radius 1 is 0.943 bits per heavy atom. The average Bonchev–Trinajstić information content (AvgIpc) is 3.36. The smallest absolute Gasteiger partial charge is 0.277 e. The van der Waals surface area contributed by atoms with E-state index >= 15 is 0 Å². The maximum Gasteiger partial charge on any atom is 0.277 e. The third kappa shape index (κ3) is 5.21. The standard InChI is InChI=1S/C25H26N8O2/c1-15-6-7-18(29-24(35)22-14-33(32-31-22)25(2,3)4)12-19(15)20-11-17(13-28-30-20)16-8-9-27-21(10-16)23(34)26-5/h6-14H,1-5H3,(H,26,34)(H,29,35). The average molecular weight is 471 g/mol. The summed E-state index contributed by atoms with van der Waals surface area (Å²) in [6.45, 7) is 7.91. The summed E-state index contributed by atoms with van der Waals surface area (Å²) < 4.78 is 1.65. The molecule has 2 N–H and O–H groups in total. The van der Waals surface area contributed by atoms with Gasteiger partial charge in [0.25, 0.3) is 11.8 Å². The number of carbonyl (C=O) groups is 2. The molecular weight excluding hydrogens is 444 g/mol. The lowest BCUT2D eigenvalue weighted by Crippen LogP contribution is -2.22. The molecular formula is C25H26N8O2. The Hall–Kier alpha value is -4.47. The first-order chi connectivity index (χ1) is 16.7. The van der Waals surface area contributed by atoms with Gasteiger partial charge in [0.05, 0.1) is 23.6 Å². The maximum atomic E-state index is 12.7. The molecule has 0 aliphatic carbocycles. The van der Waals surface area contributed by atoms with Crippen molar-refractivity contribution in [2.24, 2.45) is 0 Å². The topological polar surface area (TPSA) is 128 Å². The number of aryl methyl sites for hydroxylation is 1. The van der Waals surface area contributed by atoms with E-state index in [-0.39, 0.29) is 23.0 Å². The highest BCUT2D eigenvalue weighted by Gasteiger charge is 2.19. The van der Waals surface area contributed by atoms with Gasteiger partial charge in [-0.25, -0.2) is 4.68 Å². The molecule has 1 aromatic carbocycles. The Bertz CT molecular complexity index is 1400. The molecule has 0 aliphatic rings. The molecule has 4 rings (SSSR count). The number of rotatable bonds is 5. The van der Waals surface area contributed by atoms with E-state index in [2.05, 4.69) is 36.1 Å². The van der Waals surface area contributed by atoms with Gasteiger partial charge in [0, 0.05) is 30.1 Å². The summed E-state index contributed by atoms with van der Waals surface area (Å²) in [7, 11) is 1.56. The molecule has 4 aromatic rings. The largest absolute Gasteiger partial charge is 0.354 e. The second kappa shape index (κ2) is 9.41. The van der Waals surface area contributed by atoms with E-state index < -0.39 is 0 Å². The number of carbonyl (C=O) groups excluding carboxylic acids is 2. The monoisotopic (exact) mass is 470 g/mol. The Morgan fingerprint density at radius 3 is 2.46 bits per heavy atom. The first-order valence-corrected chi connectivity index (χ1v) is 11.0. The number of anilines is 1. The summed E-state index contributed by atoms with van der Waals surface area (Å²) in [5, 5.41) is 21.9. The van der Waals surface area contributed by atoms with Gasteiger partial charge < -0.3 is 10.6 Å². The van der Waals surface area contributed by atoms with Crippen molar-refractivity contribution in [3.8, 4) is 22.4 Å². The lowest BCUT2D eigenvalue weighted by Gasteiger charge is -2.17. The van der Waals surface area contributed by atoms with Gasteiger partial charge in [-0.3, -0.25) is 14.6 Å². The van der Waals surface area contributed by atoms with Crippen molar-refractivity contribution >= 4 is 17.5 Å². The van der Waals surface area contributed by atoms with Crippen LogP contribution in [0, 0.1) is 6.92 Å². The number of benzene rings is 1. The lowest BCUT2D eigenvalue weighted by atomic mass is 10.0. The van der Waals surface area contributed by atoms with Crippen LogP contribution in [0.2, 0.25) is 0 Å². The molecule has 178 valence electrons. The molecule has 0 atom stereocenters. The van der Waals surface area contributed by atoms with E-state index in [0.717, 1.165) is 22.3 Å². The molecule has 2 amide bonds. The summed E-state index contributed by atoms with van der Waals surface area (Å²) in [6, 6.07) is 11.0. The van der Waals surface area contributed by atoms with Crippen molar-refractivity contribution in [1.29, 1.82) is 0 Å². The normalized spacial score (nSPS) is 11.2. The van der Waals surface area contributed by atoms with E-state index in [4.69, 9.17) is 0 Å². The van der Waals surface area contributed by atoms with Crippen LogP contribution in [0.4, 0.5) is 5.69 Å². The van der Waals surface area contributed by atoms with E-state index in [9.17, 15) is 9.59 Å². The third-order valence-electron chi connectivity index (χ3n) is 5.39. The minimum absolute atomic E-state index is 0.230. The highest BCUT2D eigenvalue weighted by atomic mass is 16.2. The van der Waals surface area contributed by atoms with Crippen molar-refractivity contribution in [3.05, 3.63) is 71.9 Å². The summed E-state index contributed by atoms with van der Waals surface area (Å²) in [6.07, 6.45) is 4.84. The Labute approximate surface area is 202 Å². The minimum Gasteiger partial charge on any atom is -0.354 e. The molecule has 35 heavy (non-hydrogen) atoms. The van der Waals surface area contributed by atoms with Crippen molar-refractivity contribution < 1.29 is 9.59 Å².